The molecule has 8 nitrogen and oxygen atoms in total. The van der Waals surface area contributed by atoms with E-state index in [4.69, 9.17) is 21.1 Å². The maximum atomic E-state index is 13.5. The average molecular weight is 533 g/mol. The molecule has 0 unspecified atom stereocenters. The molecule has 1 N–H and O–H groups in total. The van der Waals surface area contributed by atoms with Crippen LogP contribution in [0, 0.1) is 0 Å². The molecule has 0 aromatic heterocycles. The lowest BCUT2D eigenvalue weighted by Gasteiger charge is -2.50. The number of ether oxygens (including phenoxy) is 2. The summed E-state index contributed by atoms with van der Waals surface area (Å²) in [5.41, 5.74) is 2.20. The molecule has 2 fully saturated rings. The Morgan fingerprint density at radius 1 is 1.03 bits per heavy atom. The van der Waals surface area contributed by atoms with Gasteiger partial charge in [-0.1, -0.05) is 23.7 Å². The van der Waals surface area contributed by atoms with Crippen LogP contribution in [0.4, 0.5) is 16.2 Å². The maximum absolute atomic E-state index is 13.5. The molecule has 196 valence electrons. The Bertz CT molecular complexity index is 1410. The van der Waals surface area contributed by atoms with Crippen LogP contribution in [0.25, 0.3) is 0 Å². The Hall–Kier alpha value is -3.91. The van der Waals surface area contributed by atoms with Gasteiger partial charge in [-0.2, -0.15) is 0 Å². The van der Waals surface area contributed by atoms with Crippen molar-refractivity contribution in [1.29, 1.82) is 0 Å². The Labute approximate surface area is 226 Å². The molecule has 0 radical (unpaired) electrons. The zero-order chi connectivity index (χ0) is 26.4. The number of hydrogen-bond donors (Lipinski definition) is 1. The van der Waals surface area contributed by atoms with Crippen LogP contribution in [0.1, 0.15) is 35.3 Å². The first-order valence-corrected chi connectivity index (χ1v) is 13.1. The van der Waals surface area contributed by atoms with Gasteiger partial charge in [0.25, 0.3) is 5.91 Å². The van der Waals surface area contributed by atoms with Gasteiger partial charge < -0.3 is 24.6 Å². The van der Waals surface area contributed by atoms with Crippen molar-refractivity contribution in [2.45, 2.75) is 25.1 Å². The standard InChI is InChI=1S/C29H29ClN4O4/c1-29-18-25(24-16-20(30)9-10-26(24)38-29)31-28(36)34(29)22-7-3-5-19(15-22)27(35)33-13-11-32(12-14-33)21-6-4-8-23(17-21)37-2/h3-10,15-17,25H,11-14,18H2,1-2H3,(H,31,36)/t25-,29+/m0/s1. The minimum atomic E-state index is -0.905. The van der Waals surface area contributed by atoms with Crippen molar-refractivity contribution < 1.29 is 19.1 Å². The summed E-state index contributed by atoms with van der Waals surface area (Å²) in [7, 11) is 1.66. The lowest BCUT2D eigenvalue weighted by molar-refractivity contribution is 0.0378. The van der Waals surface area contributed by atoms with Crippen molar-refractivity contribution in [2.24, 2.45) is 0 Å². The second-order valence-electron chi connectivity index (χ2n) is 10.0. The fourth-order valence-corrected chi connectivity index (χ4v) is 5.85. The molecule has 3 aromatic carbocycles. The van der Waals surface area contributed by atoms with E-state index in [9.17, 15) is 9.59 Å². The third kappa shape index (κ3) is 4.28. The van der Waals surface area contributed by atoms with Crippen LogP contribution in [0.3, 0.4) is 0 Å². The number of rotatable bonds is 4. The number of hydrogen-bond acceptors (Lipinski definition) is 5. The highest BCUT2D eigenvalue weighted by molar-refractivity contribution is 6.30. The van der Waals surface area contributed by atoms with Gasteiger partial charge in [-0.25, -0.2) is 4.79 Å². The van der Waals surface area contributed by atoms with Gasteiger partial charge in [0, 0.05) is 60.5 Å². The number of fused-ring (bicyclic) bond motifs is 4. The fourth-order valence-electron chi connectivity index (χ4n) is 5.67. The Morgan fingerprint density at radius 3 is 2.58 bits per heavy atom. The number of halogens is 1. The predicted molar refractivity (Wildman–Crippen MR) is 146 cm³/mol. The smallest absolute Gasteiger partial charge is 0.325 e. The number of carbonyl (C=O) groups excluding carboxylic acids is 2. The number of carbonyl (C=O) groups is 2. The summed E-state index contributed by atoms with van der Waals surface area (Å²) >= 11 is 6.19. The molecule has 0 saturated carbocycles. The van der Waals surface area contributed by atoms with Crippen molar-refractivity contribution in [1.82, 2.24) is 10.2 Å². The van der Waals surface area contributed by atoms with Gasteiger partial charge in [0.1, 0.15) is 11.5 Å². The monoisotopic (exact) mass is 532 g/mol. The summed E-state index contributed by atoms with van der Waals surface area (Å²) in [6.07, 6.45) is 0.552. The number of benzene rings is 3. The van der Waals surface area contributed by atoms with E-state index in [-0.39, 0.29) is 18.0 Å². The Balaban J connectivity index is 1.20. The molecule has 0 spiro atoms. The number of anilines is 2. The van der Waals surface area contributed by atoms with E-state index in [0.717, 1.165) is 30.1 Å². The number of amides is 3. The molecule has 3 amide bonds. The van der Waals surface area contributed by atoms with Crippen LogP contribution in [0.5, 0.6) is 11.5 Å². The molecule has 2 atom stereocenters. The van der Waals surface area contributed by atoms with Crippen molar-refractivity contribution >= 4 is 34.9 Å². The van der Waals surface area contributed by atoms with Crippen LogP contribution >= 0.6 is 11.6 Å². The minimum Gasteiger partial charge on any atom is -0.497 e. The normalized spacial score (nSPS) is 22.3. The summed E-state index contributed by atoms with van der Waals surface area (Å²) in [5, 5.41) is 3.68. The molecule has 3 aromatic rings. The number of piperazine rings is 1. The highest BCUT2D eigenvalue weighted by atomic mass is 35.5. The van der Waals surface area contributed by atoms with E-state index >= 15 is 0 Å². The van der Waals surface area contributed by atoms with E-state index in [2.05, 4.69) is 16.3 Å². The lowest BCUT2D eigenvalue weighted by atomic mass is 9.90. The first kappa shape index (κ1) is 24.4. The third-order valence-electron chi connectivity index (χ3n) is 7.57. The van der Waals surface area contributed by atoms with Crippen molar-refractivity contribution in [2.75, 3.05) is 43.1 Å². The van der Waals surface area contributed by atoms with Crippen LogP contribution in [0.2, 0.25) is 5.02 Å². The minimum absolute atomic E-state index is 0.0536. The molecule has 6 rings (SSSR count). The average Bonchev–Trinajstić information content (AvgIpc) is 2.93. The van der Waals surface area contributed by atoms with Crippen LogP contribution < -0.4 is 24.6 Å². The fraction of sp³-hybridized carbons (Fsp3) is 0.310. The molecule has 3 aliphatic heterocycles. The number of nitrogens with zero attached hydrogens (tertiary/aromatic N) is 3. The largest absolute Gasteiger partial charge is 0.497 e. The van der Waals surface area contributed by atoms with E-state index in [1.807, 2.05) is 54.3 Å². The van der Waals surface area contributed by atoms with Crippen molar-refractivity contribution in [3.8, 4) is 11.5 Å². The van der Waals surface area contributed by atoms with E-state index in [0.29, 0.717) is 41.5 Å². The first-order chi connectivity index (χ1) is 18.3. The van der Waals surface area contributed by atoms with Crippen molar-refractivity contribution in [3.05, 3.63) is 82.9 Å². The highest BCUT2D eigenvalue weighted by Gasteiger charge is 2.50. The van der Waals surface area contributed by atoms with Gasteiger partial charge in [0.05, 0.1) is 18.8 Å². The molecule has 38 heavy (non-hydrogen) atoms. The molecular formula is C29H29ClN4O4. The summed E-state index contributed by atoms with van der Waals surface area (Å²) in [4.78, 5) is 32.5. The molecule has 2 saturated heterocycles. The van der Waals surface area contributed by atoms with Crippen LogP contribution in [-0.2, 0) is 0 Å². The number of nitrogens with one attached hydrogen (secondary N) is 1. The van der Waals surface area contributed by atoms with Crippen LogP contribution in [0.15, 0.2) is 66.7 Å². The number of methoxy groups -OCH3 is 1. The molecule has 3 heterocycles. The summed E-state index contributed by atoms with van der Waals surface area (Å²) in [6.45, 7) is 4.56. The Kier molecular flexibility index (Phi) is 6.07. The highest BCUT2D eigenvalue weighted by Crippen LogP contribution is 2.46. The second-order valence-corrected chi connectivity index (χ2v) is 10.5. The van der Waals surface area contributed by atoms with Crippen molar-refractivity contribution in [3.63, 3.8) is 0 Å². The quantitative estimate of drug-likeness (QED) is 0.507. The third-order valence-corrected chi connectivity index (χ3v) is 7.81. The van der Waals surface area contributed by atoms with E-state index in [1.54, 1.807) is 30.2 Å². The van der Waals surface area contributed by atoms with Gasteiger partial charge in [0.15, 0.2) is 5.72 Å². The first-order valence-electron chi connectivity index (χ1n) is 12.7. The molecule has 3 aliphatic rings. The predicted octanol–water partition coefficient (Wildman–Crippen LogP) is 5.08. The van der Waals surface area contributed by atoms with Crippen LogP contribution in [-0.4, -0.2) is 55.9 Å². The molecule has 0 aliphatic carbocycles. The maximum Gasteiger partial charge on any atom is 0.325 e. The number of urea groups is 1. The van der Waals surface area contributed by atoms with Gasteiger partial charge in [-0.15, -0.1) is 0 Å². The zero-order valence-corrected chi connectivity index (χ0v) is 22.1. The summed E-state index contributed by atoms with van der Waals surface area (Å²) in [6, 6.07) is 20.2. The molecule has 2 bridgehead atoms. The summed E-state index contributed by atoms with van der Waals surface area (Å²) < 4.78 is 11.7. The van der Waals surface area contributed by atoms with Gasteiger partial charge in [0.2, 0.25) is 0 Å². The van der Waals surface area contributed by atoms with Gasteiger partial charge >= 0.3 is 6.03 Å². The SMILES string of the molecule is COc1cccc(N2CCN(C(=O)c3cccc(N4C(=O)N[C@H]5C[C@@]4(C)Oc4ccc(Cl)cc45)c3)CC2)c1. The Morgan fingerprint density at radius 2 is 1.79 bits per heavy atom. The van der Waals surface area contributed by atoms with Gasteiger partial charge in [-0.05, 0) is 55.5 Å². The lowest BCUT2D eigenvalue weighted by Crippen LogP contribution is -2.65. The summed E-state index contributed by atoms with van der Waals surface area (Å²) in [5.74, 6) is 1.45. The van der Waals surface area contributed by atoms with Gasteiger partial charge in [-0.3, -0.25) is 9.69 Å². The van der Waals surface area contributed by atoms with E-state index in [1.165, 1.54) is 0 Å². The second kappa shape index (κ2) is 9.44. The molecular weight excluding hydrogens is 504 g/mol. The molecule has 9 heteroatoms. The topological polar surface area (TPSA) is 74.4 Å². The zero-order valence-electron chi connectivity index (χ0n) is 21.3. The van der Waals surface area contributed by atoms with E-state index < -0.39 is 5.72 Å².